The molecule has 0 radical (unpaired) electrons. The Balaban J connectivity index is 2.16. The molecule has 0 unspecified atom stereocenters. The third-order valence-corrected chi connectivity index (χ3v) is 4.69. The summed E-state index contributed by atoms with van der Waals surface area (Å²) in [5, 5.41) is 2.54. The van der Waals surface area contributed by atoms with Gasteiger partial charge in [0.05, 0.1) is 0 Å². The van der Waals surface area contributed by atoms with E-state index in [1.807, 2.05) is 4.72 Å². The van der Waals surface area contributed by atoms with E-state index in [-0.39, 0.29) is 10.9 Å². The number of urea groups is 1. The summed E-state index contributed by atoms with van der Waals surface area (Å²) in [7, 11) is -3.89. The fourth-order valence-electron chi connectivity index (χ4n) is 1.35. The van der Waals surface area contributed by atoms with Crippen LogP contribution in [0.3, 0.4) is 0 Å². The molecule has 0 aliphatic heterocycles. The summed E-state index contributed by atoms with van der Waals surface area (Å²) in [6, 6.07) is 3.65. The molecule has 0 bridgehead atoms. The second kappa shape index (κ2) is 4.77. The number of amides is 2. The molecule has 1 saturated carbocycles. The van der Waals surface area contributed by atoms with Gasteiger partial charge in [-0.15, -0.1) is 0 Å². The minimum Gasteiger partial charge on any atom is -0.399 e. The van der Waals surface area contributed by atoms with E-state index >= 15 is 0 Å². The highest BCUT2D eigenvalue weighted by molar-refractivity contribution is 9.10. The van der Waals surface area contributed by atoms with Crippen molar-refractivity contribution in [1.82, 2.24) is 10.0 Å². The molecule has 2 amide bonds. The maximum atomic E-state index is 11.9. The van der Waals surface area contributed by atoms with Crippen molar-refractivity contribution in [3.63, 3.8) is 0 Å². The predicted octanol–water partition coefficient (Wildman–Crippen LogP) is 1.18. The van der Waals surface area contributed by atoms with Crippen molar-refractivity contribution in [2.45, 2.75) is 23.8 Å². The molecule has 6 nitrogen and oxygen atoms in total. The summed E-state index contributed by atoms with van der Waals surface area (Å²) in [5.41, 5.74) is 5.96. The van der Waals surface area contributed by atoms with Gasteiger partial charge in [-0.1, -0.05) is 0 Å². The first-order chi connectivity index (χ1) is 8.38. The standard InChI is InChI=1S/C10H12BrN3O3S/c11-8-5-6(12)1-4-9(8)18(16,17)14-10(15)13-7-2-3-7/h1,4-5,7H,2-3,12H2,(H2,13,14,15). The lowest BCUT2D eigenvalue weighted by atomic mass is 10.3. The van der Waals surface area contributed by atoms with Gasteiger partial charge in [-0.3, -0.25) is 0 Å². The van der Waals surface area contributed by atoms with Crippen LogP contribution in [0.2, 0.25) is 0 Å². The van der Waals surface area contributed by atoms with Crippen LogP contribution in [0.25, 0.3) is 0 Å². The molecule has 1 aromatic rings. The minimum atomic E-state index is -3.89. The van der Waals surface area contributed by atoms with Crippen molar-refractivity contribution >= 4 is 37.7 Å². The molecule has 1 fully saturated rings. The van der Waals surface area contributed by atoms with Crippen LogP contribution in [-0.2, 0) is 10.0 Å². The van der Waals surface area contributed by atoms with Crippen molar-refractivity contribution in [2.75, 3.05) is 5.73 Å². The van der Waals surface area contributed by atoms with Gasteiger partial charge in [0.15, 0.2) is 0 Å². The molecule has 1 aliphatic rings. The first kappa shape index (κ1) is 13.2. The molecule has 4 N–H and O–H groups in total. The van der Waals surface area contributed by atoms with Crippen LogP contribution in [0.1, 0.15) is 12.8 Å². The molecule has 0 spiro atoms. The van der Waals surface area contributed by atoms with Crippen LogP contribution in [0.5, 0.6) is 0 Å². The number of benzene rings is 1. The lowest BCUT2D eigenvalue weighted by molar-refractivity contribution is 0.245. The molecular formula is C10H12BrN3O3S. The molecule has 98 valence electrons. The number of carbonyl (C=O) groups is 1. The molecule has 18 heavy (non-hydrogen) atoms. The van der Waals surface area contributed by atoms with Gasteiger partial charge >= 0.3 is 6.03 Å². The number of rotatable bonds is 3. The number of sulfonamides is 1. The Bertz CT molecular complexity index is 584. The minimum absolute atomic E-state index is 0.0253. The lowest BCUT2D eigenvalue weighted by Gasteiger charge is -2.09. The van der Waals surface area contributed by atoms with Gasteiger partial charge in [-0.05, 0) is 47.0 Å². The van der Waals surface area contributed by atoms with Gasteiger partial charge < -0.3 is 11.1 Å². The molecule has 0 atom stereocenters. The Morgan fingerprint density at radius 3 is 2.61 bits per heavy atom. The SMILES string of the molecule is Nc1ccc(S(=O)(=O)NC(=O)NC2CC2)c(Br)c1. The number of halogens is 1. The van der Waals surface area contributed by atoms with Crippen molar-refractivity contribution in [2.24, 2.45) is 0 Å². The van der Waals surface area contributed by atoms with Crippen molar-refractivity contribution in [3.8, 4) is 0 Å². The summed E-state index contributed by atoms with van der Waals surface area (Å²) in [6.07, 6.45) is 1.78. The zero-order chi connectivity index (χ0) is 13.3. The average molecular weight is 334 g/mol. The van der Waals surface area contributed by atoms with E-state index in [0.29, 0.717) is 10.2 Å². The number of nitrogen functional groups attached to an aromatic ring is 1. The Hall–Kier alpha value is -1.28. The molecule has 2 rings (SSSR count). The second-order valence-corrected chi connectivity index (χ2v) is 6.55. The second-order valence-electron chi connectivity index (χ2n) is 4.04. The smallest absolute Gasteiger partial charge is 0.328 e. The monoisotopic (exact) mass is 333 g/mol. The quantitative estimate of drug-likeness (QED) is 0.723. The highest BCUT2D eigenvalue weighted by atomic mass is 79.9. The Labute approximate surface area is 113 Å². The lowest BCUT2D eigenvalue weighted by Crippen LogP contribution is -2.40. The number of hydrogen-bond donors (Lipinski definition) is 3. The third-order valence-electron chi connectivity index (χ3n) is 2.39. The number of nitrogens with two attached hydrogens (primary N) is 1. The van der Waals surface area contributed by atoms with Gasteiger partial charge in [-0.25, -0.2) is 17.9 Å². The summed E-state index contributed by atoms with van der Waals surface area (Å²) in [6.45, 7) is 0. The van der Waals surface area contributed by atoms with Gasteiger partial charge in [0.25, 0.3) is 10.0 Å². The Morgan fingerprint density at radius 2 is 2.06 bits per heavy atom. The molecular weight excluding hydrogens is 322 g/mol. The van der Waals surface area contributed by atoms with E-state index in [0.717, 1.165) is 12.8 Å². The molecule has 1 aliphatic carbocycles. The van der Waals surface area contributed by atoms with Crippen LogP contribution in [0, 0.1) is 0 Å². The summed E-state index contributed by atoms with van der Waals surface area (Å²) >= 11 is 3.11. The van der Waals surface area contributed by atoms with Crippen LogP contribution < -0.4 is 15.8 Å². The average Bonchev–Trinajstić information content (AvgIpc) is 2.99. The number of nitrogens with one attached hydrogen (secondary N) is 2. The highest BCUT2D eigenvalue weighted by Crippen LogP contribution is 2.24. The molecule has 0 aromatic heterocycles. The van der Waals surface area contributed by atoms with E-state index in [1.54, 1.807) is 0 Å². The number of carbonyl (C=O) groups excluding carboxylic acids is 1. The van der Waals surface area contributed by atoms with Crippen LogP contribution in [0.4, 0.5) is 10.5 Å². The Kier molecular flexibility index (Phi) is 3.49. The van der Waals surface area contributed by atoms with Crippen molar-refractivity contribution in [3.05, 3.63) is 22.7 Å². The number of hydrogen-bond acceptors (Lipinski definition) is 4. The zero-order valence-electron chi connectivity index (χ0n) is 9.31. The fraction of sp³-hybridized carbons (Fsp3) is 0.300. The maximum absolute atomic E-state index is 11.9. The molecule has 1 aromatic carbocycles. The Morgan fingerprint density at radius 1 is 1.39 bits per heavy atom. The third kappa shape index (κ3) is 3.14. The van der Waals surface area contributed by atoms with Gasteiger partial charge in [0.1, 0.15) is 4.90 Å². The van der Waals surface area contributed by atoms with E-state index in [9.17, 15) is 13.2 Å². The van der Waals surface area contributed by atoms with E-state index in [2.05, 4.69) is 21.2 Å². The molecule has 0 saturated heterocycles. The van der Waals surface area contributed by atoms with E-state index in [4.69, 9.17) is 5.73 Å². The summed E-state index contributed by atoms with van der Waals surface area (Å²) < 4.78 is 26.1. The maximum Gasteiger partial charge on any atom is 0.328 e. The molecule has 8 heteroatoms. The zero-order valence-corrected chi connectivity index (χ0v) is 11.7. The van der Waals surface area contributed by atoms with Gasteiger partial charge in [0.2, 0.25) is 0 Å². The van der Waals surface area contributed by atoms with Crippen LogP contribution in [-0.4, -0.2) is 20.5 Å². The van der Waals surface area contributed by atoms with Crippen molar-refractivity contribution < 1.29 is 13.2 Å². The van der Waals surface area contributed by atoms with Crippen LogP contribution in [0.15, 0.2) is 27.6 Å². The van der Waals surface area contributed by atoms with Gasteiger partial charge in [-0.2, -0.15) is 0 Å². The fourth-order valence-corrected chi connectivity index (χ4v) is 3.37. The van der Waals surface area contributed by atoms with E-state index < -0.39 is 16.1 Å². The van der Waals surface area contributed by atoms with Crippen molar-refractivity contribution in [1.29, 1.82) is 0 Å². The molecule has 0 heterocycles. The summed E-state index contributed by atoms with van der Waals surface area (Å²) in [5.74, 6) is 0. The summed E-state index contributed by atoms with van der Waals surface area (Å²) in [4.78, 5) is 11.4. The highest BCUT2D eigenvalue weighted by Gasteiger charge is 2.26. The van der Waals surface area contributed by atoms with E-state index in [1.165, 1.54) is 18.2 Å². The topological polar surface area (TPSA) is 101 Å². The normalized spacial score (nSPS) is 15.2. The van der Waals surface area contributed by atoms with Gasteiger partial charge in [0, 0.05) is 16.2 Å². The predicted molar refractivity (Wildman–Crippen MR) is 70.4 cm³/mol. The first-order valence-corrected chi connectivity index (χ1v) is 7.54. The van der Waals surface area contributed by atoms with Crippen LogP contribution >= 0.6 is 15.9 Å². The first-order valence-electron chi connectivity index (χ1n) is 5.27. The largest absolute Gasteiger partial charge is 0.399 e. The number of anilines is 1.